The zero-order valence-electron chi connectivity index (χ0n) is 12.0. The molecule has 0 bridgehead atoms. The van der Waals surface area contributed by atoms with E-state index in [1.165, 1.54) is 10.4 Å². The predicted molar refractivity (Wildman–Crippen MR) is 84.8 cm³/mol. The van der Waals surface area contributed by atoms with E-state index < -0.39 is 0 Å². The number of H-pyrrole nitrogens is 1. The molecule has 3 heterocycles. The monoisotopic (exact) mass is 298 g/mol. The van der Waals surface area contributed by atoms with E-state index in [-0.39, 0.29) is 0 Å². The first-order valence-corrected chi connectivity index (χ1v) is 7.82. The van der Waals surface area contributed by atoms with Crippen LogP contribution in [0.3, 0.4) is 0 Å². The third-order valence-electron chi connectivity index (χ3n) is 3.40. The Kier molecular flexibility index (Phi) is 4.43. The summed E-state index contributed by atoms with van der Waals surface area (Å²) in [7, 11) is 0. The minimum absolute atomic E-state index is 0.831. The molecule has 4 nitrogen and oxygen atoms in total. The average Bonchev–Trinajstić information content (AvgIpc) is 3.13. The summed E-state index contributed by atoms with van der Waals surface area (Å²) in [4.78, 5) is 15.5. The molecule has 3 rings (SSSR count). The Morgan fingerprint density at radius 1 is 1.19 bits per heavy atom. The number of rotatable bonds is 6. The molecule has 0 fully saturated rings. The van der Waals surface area contributed by atoms with Crippen molar-refractivity contribution in [2.24, 2.45) is 0 Å². The number of thiophene rings is 1. The van der Waals surface area contributed by atoms with E-state index in [0.717, 1.165) is 31.0 Å². The van der Waals surface area contributed by atoms with Crippen molar-refractivity contribution in [1.29, 1.82) is 0 Å². The molecular weight excluding hydrogens is 280 g/mol. The average molecular weight is 298 g/mol. The van der Waals surface area contributed by atoms with Gasteiger partial charge in [-0.05, 0) is 36.1 Å². The summed E-state index contributed by atoms with van der Waals surface area (Å²) in [5, 5.41) is 2.15. The summed E-state index contributed by atoms with van der Waals surface area (Å²) in [6.07, 6.45) is 5.46. The Hall–Kier alpha value is -1.98. The van der Waals surface area contributed by atoms with Gasteiger partial charge in [0.1, 0.15) is 0 Å². The molecule has 0 amide bonds. The normalized spacial score (nSPS) is 11.1. The molecule has 0 saturated heterocycles. The van der Waals surface area contributed by atoms with Crippen molar-refractivity contribution < 1.29 is 0 Å². The molecule has 1 N–H and O–H groups in total. The van der Waals surface area contributed by atoms with Gasteiger partial charge in [-0.2, -0.15) is 0 Å². The second-order valence-corrected chi connectivity index (χ2v) is 6.07. The fourth-order valence-corrected chi connectivity index (χ4v) is 3.22. The zero-order valence-corrected chi connectivity index (χ0v) is 12.8. The van der Waals surface area contributed by atoms with E-state index in [4.69, 9.17) is 0 Å². The van der Waals surface area contributed by atoms with E-state index >= 15 is 0 Å². The van der Waals surface area contributed by atoms with Crippen molar-refractivity contribution in [3.05, 3.63) is 70.2 Å². The lowest BCUT2D eigenvalue weighted by Crippen LogP contribution is -2.23. The van der Waals surface area contributed by atoms with Crippen molar-refractivity contribution in [3.8, 4) is 0 Å². The molecule has 5 heteroatoms. The van der Waals surface area contributed by atoms with Crippen LogP contribution >= 0.6 is 11.3 Å². The number of aryl methyl sites for hydroxylation is 1. The zero-order chi connectivity index (χ0) is 14.5. The van der Waals surface area contributed by atoms with Crippen molar-refractivity contribution in [1.82, 2.24) is 19.9 Å². The standard InChI is InChI=1S/C16H18N4S/c1-13-5-7-21-16(13)11-20(10-15-8-17-12-19-15)9-14-4-2-3-6-18-14/h2-8,12H,9-11H2,1H3,(H,17,19). The molecule has 3 aromatic heterocycles. The third-order valence-corrected chi connectivity index (χ3v) is 4.40. The van der Waals surface area contributed by atoms with Crippen LogP contribution in [-0.2, 0) is 19.6 Å². The molecule has 0 saturated carbocycles. The molecule has 108 valence electrons. The van der Waals surface area contributed by atoms with Crippen LogP contribution in [0.25, 0.3) is 0 Å². The third kappa shape index (κ3) is 3.77. The first-order valence-electron chi connectivity index (χ1n) is 6.94. The molecule has 0 radical (unpaired) electrons. The Labute approximate surface area is 128 Å². The highest BCUT2D eigenvalue weighted by Crippen LogP contribution is 2.20. The Balaban J connectivity index is 1.75. The Bertz CT molecular complexity index is 661. The van der Waals surface area contributed by atoms with Gasteiger partial charge in [-0.3, -0.25) is 9.88 Å². The van der Waals surface area contributed by atoms with Gasteiger partial charge in [-0.15, -0.1) is 11.3 Å². The van der Waals surface area contributed by atoms with Crippen molar-refractivity contribution in [2.75, 3.05) is 0 Å². The largest absolute Gasteiger partial charge is 0.347 e. The van der Waals surface area contributed by atoms with Gasteiger partial charge in [-0.1, -0.05) is 6.07 Å². The molecule has 0 spiro atoms. The predicted octanol–water partition coefficient (Wildman–Crippen LogP) is 3.38. The first-order chi connectivity index (χ1) is 10.3. The summed E-state index contributed by atoms with van der Waals surface area (Å²) in [6, 6.07) is 8.23. The number of nitrogens with zero attached hydrogens (tertiary/aromatic N) is 3. The topological polar surface area (TPSA) is 44.8 Å². The highest BCUT2D eigenvalue weighted by Gasteiger charge is 2.11. The maximum absolute atomic E-state index is 4.44. The van der Waals surface area contributed by atoms with Gasteiger partial charge < -0.3 is 4.98 Å². The Morgan fingerprint density at radius 2 is 2.14 bits per heavy atom. The highest BCUT2D eigenvalue weighted by atomic mass is 32.1. The number of pyridine rings is 1. The number of imidazole rings is 1. The van der Waals surface area contributed by atoms with Crippen LogP contribution in [0.15, 0.2) is 48.4 Å². The molecule has 0 aromatic carbocycles. The molecule has 0 unspecified atom stereocenters. The molecule has 21 heavy (non-hydrogen) atoms. The second-order valence-electron chi connectivity index (χ2n) is 5.07. The SMILES string of the molecule is Cc1ccsc1CN(Cc1ccccn1)Cc1cnc[nH]1. The summed E-state index contributed by atoms with van der Waals surface area (Å²) >= 11 is 1.81. The maximum Gasteiger partial charge on any atom is 0.0922 e. The smallest absolute Gasteiger partial charge is 0.0922 e. The summed E-state index contributed by atoms with van der Waals surface area (Å²) in [5.74, 6) is 0. The number of hydrogen-bond donors (Lipinski definition) is 1. The lowest BCUT2D eigenvalue weighted by Gasteiger charge is -2.21. The van der Waals surface area contributed by atoms with Gasteiger partial charge in [-0.25, -0.2) is 4.98 Å². The second kappa shape index (κ2) is 6.65. The van der Waals surface area contributed by atoms with Gasteiger partial charge in [0, 0.05) is 42.6 Å². The fourth-order valence-electron chi connectivity index (χ4n) is 2.27. The molecule has 0 atom stereocenters. The van der Waals surface area contributed by atoms with E-state index in [9.17, 15) is 0 Å². The first kappa shape index (κ1) is 14.0. The van der Waals surface area contributed by atoms with Gasteiger partial charge in [0.05, 0.1) is 12.0 Å². The van der Waals surface area contributed by atoms with Crippen LogP contribution < -0.4 is 0 Å². The quantitative estimate of drug-likeness (QED) is 0.759. The van der Waals surface area contributed by atoms with Crippen molar-refractivity contribution in [3.63, 3.8) is 0 Å². The van der Waals surface area contributed by atoms with Gasteiger partial charge in [0.2, 0.25) is 0 Å². The van der Waals surface area contributed by atoms with Gasteiger partial charge in [0.25, 0.3) is 0 Å². The maximum atomic E-state index is 4.44. The minimum Gasteiger partial charge on any atom is -0.347 e. The fraction of sp³-hybridized carbons (Fsp3) is 0.250. The number of nitrogens with one attached hydrogen (secondary N) is 1. The molecule has 0 aliphatic rings. The summed E-state index contributed by atoms with van der Waals surface area (Å²) in [5.41, 5.74) is 3.57. The lowest BCUT2D eigenvalue weighted by molar-refractivity contribution is 0.244. The number of aromatic amines is 1. The summed E-state index contributed by atoms with van der Waals surface area (Å²) in [6.45, 7) is 4.77. The van der Waals surface area contributed by atoms with E-state index in [0.29, 0.717) is 0 Å². The van der Waals surface area contributed by atoms with Crippen LogP contribution in [0.4, 0.5) is 0 Å². The van der Waals surface area contributed by atoms with Crippen LogP contribution in [0.2, 0.25) is 0 Å². The van der Waals surface area contributed by atoms with Crippen LogP contribution in [0, 0.1) is 6.92 Å². The Morgan fingerprint density at radius 3 is 2.81 bits per heavy atom. The highest BCUT2D eigenvalue weighted by molar-refractivity contribution is 7.10. The van der Waals surface area contributed by atoms with E-state index in [1.807, 2.05) is 35.9 Å². The minimum atomic E-state index is 0.831. The number of hydrogen-bond acceptors (Lipinski definition) is 4. The van der Waals surface area contributed by atoms with Gasteiger partial charge >= 0.3 is 0 Å². The van der Waals surface area contributed by atoms with Gasteiger partial charge in [0.15, 0.2) is 0 Å². The molecule has 3 aromatic rings. The van der Waals surface area contributed by atoms with Crippen LogP contribution in [-0.4, -0.2) is 19.9 Å². The lowest BCUT2D eigenvalue weighted by atomic mass is 10.2. The molecular formula is C16H18N4S. The molecule has 0 aliphatic carbocycles. The van der Waals surface area contributed by atoms with Crippen molar-refractivity contribution in [2.45, 2.75) is 26.6 Å². The van der Waals surface area contributed by atoms with Crippen molar-refractivity contribution >= 4 is 11.3 Å². The molecule has 0 aliphatic heterocycles. The summed E-state index contributed by atoms with van der Waals surface area (Å²) < 4.78 is 0. The van der Waals surface area contributed by atoms with Crippen LogP contribution in [0.1, 0.15) is 21.8 Å². The number of aromatic nitrogens is 3. The van der Waals surface area contributed by atoms with E-state index in [2.05, 4.69) is 44.3 Å². The van der Waals surface area contributed by atoms with E-state index in [1.54, 1.807) is 6.33 Å². The van der Waals surface area contributed by atoms with Crippen LogP contribution in [0.5, 0.6) is 0 Å².